The first-order chi connectivity index (χ1) is 59.0. The van der Waals surface area contributed by atoms with Crippen LogP contribution in [0.15, 0.2) is 182 Å². The molecule has 0 aromatic heterocycles. The molecule has 126 heavy (non-hydrogen) atoms. The molecule has 0 aliphatic carbocycles. The Bertz CT molecular complexity index is 5210. The molecule has 4 heterocycles. The number of carbonyl (C=O) groups is 6. The van der Waals surface area contributed by atoms with Gasteiger partial charge in [-0.25, -0.2) is 24.0 Å². The number of esters is 3. The lowest BCUT2D eigenvalue weighted by Gasteiger charge is -2.32. The molecule has 0 radical (unpaired) electrons. The summed E-state index contributed by atoms with van der Waals surface area (Å²) in [5.74, 6) is -0.335. The minimum absolute atomic E-state index is 0.0978. The van der Waals surface area contributed by atoms with Crippen LogP contribution < -0.4 is 19.7 Å². The summed E-state index contributed by atoms with van der Waals surface area (Å²) in [4.78, 5) is 69.0. The van der Waals surface area contributed by atoms with Crippen molar-refractivity contribution in [2.24, 2.45) is 0 Å². The molecule has 4 aliphatic heterocycles. The van der Waals surface area contributed by atoms with Crippen LogP contribution in [0.25, 0.3) is 22.3 Å². The number of fused-ring (bicyclic) bond motifs is 3. The number of ether oxygens (including phenoxy) is 9. The first-order valence-corrected chi connectivity index (χ1v) is 45.0. The van der Waals surface area contributed by atoms with E-state index in [1.807, 2.05) is 206 Å². The summed E-state index contributed by atoms with van der Waals surface area (Å²) in [7, 11) is 3.73. The van der Waals surface area contributed by atoms with Crippen LogP contribution in [0.1, 0.15) is 234 Å². The van der Waals surface area contributed by atoms with Crippen molar-refractivity contribution >= 4 is 112 Å². The predicted octanol–water partition coefficient (Wildman–Crippen LogP) is 23.4. The maximum atomic E-state index is 12.6. The van der Waals surface area contributed by atoms with Crippen LogP contribution in [0.3, 0.4) is 0 Å². The average Bonchev–Trinajstić information content (AvgIpc) is 1.18. The third-order valence-electron chi connectivity index (χ3n) is 20.9. The first-order valence-electron chi connectivity index (χ1n) is 41.8. The Morgan fingerprint density at radius 2 is 0.730 bits per heavy atom. The molecule has 0 bridgehead atoms. The van der Waals surface area contributed by atoms with Gasteiger partial charge in [-0.15, -0.1) is 0 Å². The van der Waals surface area contributed by atoms with E-state index in [4.69, 9.17) is 52.3 Å². The van der Waals surface area contributed by atoms with Crippen molar-refractivity contribution in [2.45, 2.75) is 229 Å². The van der Waals surface area contributed by atoms with E-state index >= 15 is 0 Å². The van der Waals surface area contributed by atoms with E-state index in [0.29, 0.717) is 21.2 Å². The summed E-state index contributed by atoms with van der Waals surface area (Å²) in [5.41, 5.74) is 16.8. The number of methoxy groups -OCH3 is 3. The zero-order valence-electron chi connectivity index (χ0n) is 76.6. The minimum atomic E-state index is -1.23. The molecule has 676 valence electrons. The van der Waals surface area contributed by atoms with Gasteiger partial charge in [0.15, 0.2) is 30.2 Å². The molecule has 9 aromatic rings. The third-order valence-corrected chi connectivity index (χ3v) is 25.2. The number of rotatable bonds is 16. The number of hydrogen-bond acceptors (Lipinski definition) is 18. The van der Waals surface area contributed by atoms with Gasteiger partial charge >= 0.3 is 37.0 Å². The number of hydrogen-bond donors (Lipinski definition) is 3. The fourth-order valence-corrected chi connectivity index (χ4v) is 15.8. The number of carboxylic acid groups (broad SMARTS) is 2. The van der Waals surface area contributed by atoms with Crippen molar-refractivity contribution in [3.8, 4) is 39.5 Å². The Morgan fingerprint density at radius 3 is 1.10 bits per heavy atom. The van der Waals surface area contributed by atoms with Crippen LogP contribution in [0.2, 0.25) is 0 Å². The van der Waals surface area contributed by atoms with Gasteiger partial charge in [-0.2, -0.15) is 0 Å². The van der Waals surface area contributed by atoms with Gasteiger partial charge in [-0.3, -0.25) is 4.79 Å². The van der Waals surface area contributed by atoms with Gasteiger partial charge in [0, 0.05) is 45.7 Å². The Balaban J connectivity index is 0.000000207. The summed E-state index contributed by atoms with van der Waals surface area (Å²) in [6, 6.07) is 52.2. The average molecular weight is 1990 g/mol. The molecule has 20 nitrogen and oxygen atoms in total. The van der Waals surface area contributed by atoms with Crippen LogP contribution in [-0.4, -0.2) is 127 Å². The highest BCUT2D eigenvalue weighted by atomic mass is 79.9. The molecule has 3 N–H and O–H groups in total. The van der Waals surface area contributed by atoms with Gasteiger partial charge in [0.1, 0.15) is 17.2 Å². The summed E-state index contributed by atoms with van der Waals surface area (Å²) >= 11 is 13.4. The number of ketones is 1. The molecule has 13 rings (SSSR count). The topological polar surface area (TPSA) is 265 Å². The molecule has 1 fully saturated rings. The second kappa shape index (κ2) is 46.4. The quantitative estimate of drug-likeness (QED) is 0.0351. The number of aliphatic hydroxyl groups excluding tert-OH is 1. The van der Waals surface area contributed by atoms with E-state index in [1.54, 1.807) is 31.2 Å². The van der Waals surface area contributed by atoms with Crippen LogP contribution >= 0.6 is 63.7 Å². The van der Waals surface area contributed by atoms with E-state index in [-0.39, 0.29) is 24.1 Å². The highest BCUT2D eigenvalue weighted by molar-refractivity contribution is 9.11. The Morgan fingerprint density at radius 1 is 0.405 bits per heavy atom. The van der Waals surface area contributed by atoms with E-state index < -0.39 is 71.1 Å². The lowest BCUT2D eigenvalue weighted by molar-refractivity contribution is -0.164. The number of carbonyl (C=O) groups excluding carboxylic acids is 4. The SMILES string of the molecule is CC(=O)c1cccc(C)c1Br.CC1(C)OB(c2ccc3c(c2)CCCO3)OC1(C)C.COC(=O)C(O)c1cccc(C)c1Br.COC(=O)C(OC(C)(C)C)c1cccc(C)c1-c1ccc2c(c1)CCCO2.COC(=O)C(OC(C)(C)C)c1cccc(C)c1Br.Cc1cccc(C(=O)O)c1Br.Cc1cccc(C(OC(C)(C)C)C(=O)O)c1-c1ccc2c(c1)CCCO2. The molecule has 0 saturated carbocycles. The van der Waals surface area contributed by atoms with Gasteiger partial charge in [0.25, 0.3) is 0 Å². The number of aryl methyl sites for hydroxylation is 9. The van der Waals surface area contributed by atoms with E-state index in [2.05, 4.69) is 133 Å². The van der Waals surface area contributed by atoms with Gasteiger partial charge in [-0.05, 0) is 323 Å². The maximum Gasteiger partial charge on any atom is 0.494 e. The van der Waals surface area contributed by atoms with Gasteiger partial charge < -0.3 is 67.3 Å². The number of aliphatic carboxylic acids is 1. The molecule has 4 aliphatic rings. The zero-order valence-corrected chi connectivity index (χ0v) is 83.0. The lowest BCUT2D eigenvalue weighted by atomic mass is 9.78. The fourth-order valence-electron chi connectivity index (χ4n) is 13.9. The molecule has 4 atom stereocenters. The van der Waals surface area contributed by atoms with Crippen LogP contribution in [-0.2, 0) is 76.2 Å². The predicted molar refractivity (Wildman–Crippen MR) is 509 cm³/mol. The number of benzene rings is 9. The molecule has 1 saturated heterocycles. The Labute approximate surface area is 777 Å². The van der Waals surface area contributed by atoms with Crippen LogP contribution in [0, 0.1) is 41.5 Å². The van der Waals surface area contributed by atoms with Crippen molar-refractivity contribution < 1.29 is 96.0 Å². The van der Waals surface area contributed by atoms with Crippen molar-refractivity contribution in [2.75, 3.05) is 41.2 Å². The van der Waals surface area contributed by atoms with Gasteiger partial charge in [-0.1, -0.05) is 159 Å². The monoisotopic (exact) mass is 1980 g/mol. The first kappa shape index (κ1) is 104. The molecule has 25 heteroatoms. The molecule has 9 aromatic carbocycles. The van der Waals surface area contributed by atoms with Crippen LogP contribution in [0.4, 0.5) is 0 Å². The number of aromatic carboxylic acids is 1. The Hall–Kier alpha value is -8.86. The highest BCUT2D eigenvalue weighted by Gasteiger charge is 2.52. The zero-order chi connectivity index (χ0) is 93.7. The molecule has 0 spiro atoms. The number of aliphatic hydroxyl groups is 1. The minimum Gasteiger partial charge on any atom is -0.493 e. The van der Waals surface area contributed by atoms with E-state index in [9.17, 15) is 39.0 Å². The Kier molecular flexibility index (Phi) is 38.4. The summed E-state index contributed by atoms with van der Waals surface area (Å²) in [5, 5.41) is 28.0. The molecule has 0 amide bonds. The molecular formula is C101H121BBr4O20. The standard InChI is InChI=1S/C23H28O4.C22H26O4.C15H21BO3.C14H19BrO3.C10H11BrO3.C9H9BrO.C8H7BrO2/c1-15-8-6-10-18(21(22(24)25-5)27-23(2,3)4)20(15)17-11-12-19-16(14-17)9-7-13-26-19;1-14-7-5-9-17(20(21(23)24)26-22(2,3)4)19(14)16-10-11-18-15(13-16)8-6-12-25-18;1-14(2)15(3,4)19-16(18-14)12-7-8-13-11(10-12)6-5-9-17-13;1-9-7-6-8-10(11(9)15)12(13(16)17-5)18-14(2,3)4;1-6-4-3-5-7(8(6)11)9(12)10(13)14-2;1-6-4-3-5-8(7(2)11)9(6)10;1-5-3-2-4-6(7(5)9)8(10)11/h6,8,10-12,14,21H,7,9,13H2,1-5H3;5,7,9-11,13,20H,6,8,12H2,1-4H3,(H,23,24);7-8,10H,5-6,9H2,1-4H3;6-8,12H,1-5H3;3-5,9,12H,1-2H3;3-5H,1-2H3;2-4H,1H3,(H,10,11). The second-order valence-corrected chi connectivity index (χ2v) is 38.0. The molecule has 4 unspecified atom stereocenters. The van der Waals surface area contributed by atoms with Crippen molar-refractivity contribution in [3.63, 3.8) is 0 Å². The smallest absolute Gasteiger partial charge is 0.493 e. The number of Topliss-reactive ketones (excluding diaryl/α,β-unsaturated/α-hetero) is 1. The van der Waals surface area contributed by atoms with E-state index in [1.165, 1.54) is 38.0 Å². The summed E-state index contributed by atoms with van der Waals surface area (Å²) in [6.45, 7) is 41.1. The van der Waals surface area contributed by atoms with Crippen molar-refractivity contribution in [1.29, 1.82) is 0 Å². The largest absolute Gasteiger partial charge is 0.494 e. The summed E-state index contributed by atoms with van der Waals surface area (Å²) in [6.07, 6.45) is 2.42. The lowest BCUT2D eigenvalue weighted by Crippen LogP contribution is -2.41. The second-order valence-electron chi connectivity index (χ2n) is 34.9. The maximum absolute atomic E-state index is 12.6. The van der Waals surface area contributed by atoms with Gasteiger partial charge in [0.2, 0.25) is 0 Å². The van der Waals surface area contributed by atoms with Crippen molar-refractivity contribution in [1.82, 2.24) is 0 Å². The molecular weight excluding hydrogens is 1860 g/mol. The third kappa shape index (κ3) is 29.1. The van der Waals surface area contributed by atoms with Crippen molar-refractivity contribution in [3.05, 3.63) is 265 Å². The summed E-state index contributed by atoms with van der Waals surface area (Å²) < 4.78 is 64.6. The number of carboxylic acids is 2. The van der Waals surface area contributed by atoms with E-state index in [0.717, 1.165) is 167 Å². The normalized spacial score (nSPS) is 14.8. The van der Waals surface area contributed by atoms with Gasteiger partial charge in [0.05, 0.1) is 74.7 Å². The fraction of sp³-hybridized carbons (Fsp3) is 0.406. The highest BCUT2D eigenvalue weighted by Crippen LogP contribution is 2.43. The van der Waals surface area contributed by atoms with Crippen LogP contribution in [0.5, 0.6) is 17.2 Å². The number of halogens is 4.